The average Bonchev–Trinajstić information content (AvgIpc) is 3.16. The van der Waals surface area contributed by atoms with Crippen molar-refractivity contribution in [1.82, 2.24) is 15.2 Å². The average molecular weight is 662 g/mol. The molecule has 0 aliphatic rings. The minimum Gasteiger partial charge on any atom is -0.462 e. The Balaban J connectivity index is 1.56. The molecule has 0 aliphatic heterocycles. The van der Waals surface area contributed by atoms with E-state index in [-0.39, 0.29) is 18.3 Å². The maximum Gasteiger partial charge on any atom is 0.341 e. The van der Waals surface area contributed by atoms with Gasteiger partial charge in [-0.2, -0.15) is 0 Å². The van der Waals surface area contributed by atoms with E-state index in [0.717, 1.165) is 30.5 Å². The van der Waals surface area contributed by atoms with E-state index in [1.54, 1.807) is 6.92 Å². The lowest BCUT2D eigenvalue weighted by atomic mass is 10.0. The standard InChI is InChI=1S/C26H22Br2N4O3S2/c1-4-35-25(34)21-14(2)15(3)37-24(21)29-20(33)13-36-26-30-22(16-5-9-18(27)10-6-16)23(31-32-26)17-7-11-19(28)12-8-17/h5-12H,4,13H2,1-3H3,(H,29,33). The number of thioether (sulfide) groups is 1. The number of rotatable bonds is 8. The van der Waals surface area contributed by atoms with Gasteiger partial charge in [0, 0.05) is 24.9 Å². The van der Waals surface area contributed by atoms with Crippen molar-refractivity contribution in [2.45, 2.75) is 25.9 Å². The van der Waals surface area contributed by atoms with Crippen LogP contribution in [0.3, 0.4) is 0 Å². The molecule has 0 fully saturated rings. The molecule has 0 saturated heterocycles. The van der Waals surface area contributed by atoms with Crippen molar-refractivity contribution in [2.24, 2.45) is 0 Å². The summed E-state index contributed by atoms with van der Waals surface area (Å²) in [4.78, 5) is 30.9. The smallest absolute Gasteiger partial charge is 0.341 e. The maximum atomic E-state index is 12.8. The predicted molar refractivity (Wildman–Crippen MR) is 155 cm³/mol. The van der Waals surface area contributed by atoms with Gasteiger partial charge in [-0.25, -0.2) is 9.78 Å². The minimum absolute atomic E-state index is 0.0529. The molecule has 2 heterocycles. The fraction of sp³-hybridized carbons (Fsp3) is 0.192. The molecule has 1 N–H and O–H groups in total. The summed E-state index contributed by atoms with van der Waals surface area (Å²) in [5.74, 6) is -0.665. The highest BCUT2D eigenvalue weighted by molar-refractivity contribution is 9.10. The lowest BCUT2D eigenvalue weighted by Gasteiger charge is -2.10. The topological polar surface area (TPSA) is 94.1 Å². The third-order valence-electron chi connectivity index (χ3n) is 5.35. The Kier molecular flexibility index (Phi) is 9.12. The van der Waals surface area contributed by atoms with Gasteiger partial charge in [0.25, 0.3) is 0 Å². The lowest BCUT2D eigenvalue weighted by molar-refractivity contribution is -0.113. The molecule has 0 unspecified atom stereocenters. The van der Waals surface area contributed by atoms with Gasteiger partial charge in [0.1, 0.15) is 16.4 Å². The SMILES string of the molecule is CCOC(=O)c1c(NC(=O)CSc2nnc(-c3ccc(Br)cc3)c(-c3ccc(Br)cc3)n2)sc(C)c1C. The molecule has 4 rings (SSSR count). The van der Waals surface area contributed by atoms with Crippen LogP contribution in [0.5, 0.6) is 0 Å². The Morgan fingerprint density at radius 3 is 2.14 bits per heavy atom. The fourth-order valence-electron chi connectivity index (χ4n) is 3.44. The quantitative estimate of drug-likeness (QED) is 0.156. The summed E-state index contributed by atoms with van der Waals surface area (Å²) in [6, 6.07) is 15.6. The molecular weight excluding hydrogens is 640 g/mol. The van der Waals surface area contributed by atoms with Crippen LogP contribution in [0, 0.1) is 13.8 Å². The summed E-state index contributed by atoms with van der Waals surface area (Å²) in [7, 11) is 0. The largest absolute Gasteiger partial charge is 0.462 e. The van der Waals surface area contributed by atoms with Gasteiger partial charge in [0.15, 0.2) is 0 Å². The van der Waals surface area contributed by atoms with Gasteiger partial charge < -0.3 is 10.1 Å². The van der Waals surface area contributed by atoms with E-state index in [9.17, 15) is 9.59 Å². The highest BCUT2D eigenvalue weighted by Crippen LogP contribution is 2.34. The normalized spacial score (nSPS) is 10.8. The molecule has 0 atom stereocenters. The number of esters is 1. The first-order chi connectivity index (χ1) is 17.8. The molecule has 0 aliphatic carbocycles. The zero-order valence-corrected chi connectivity index (χ0v) is 25.0. The number of anilines is 1. The van der Waals surface area contributed by atoms with E-state index in [1.807, 2.05) is 62.4 Å². The fourth-order valence-corrected chi connectivity index (χ4v) is 5.62. The second-order valence-corrected chi connectivity index (χ2v) is 11.8. The molecule has 0 saturated carbocycles. The number of aromatic nitrogens is 3. The van der Waals surface area contributed by atoms with Gasteiger partial charge in [-0.15, -0.1) is 21.5 Å². The first-order valence-electron chi connectivity index (χ1n) is 11.2. The van der Waals surface area contributed by atoms with E-state index < -0.39 is 5.97 Å². The first kappa shape index (κ1) is 27.4. The molecule has 37 heavy (non-hydrogen) atoms. The Hall–Kier alpha value is -2.60. The van der Waals surface area contributed by atoms with Crippen molar-refractivity contribution in [2.75, 3.05) is 17.7 Å². The third kappa shape index (κ3) is 6.64. The van der Waals surface area contributed by atoms with Crippen LogP contribution in [0.2, 0.25) is 0 Å². The van der Waals surface area contributed by atoms with Gasteiger partial charge in [-0.05, 0) is 50.6 Å². The Bertz CT molecular complexity index is 1440. The molecule has 11 heteroatoms. The van der Waals surface area contributed by atoms with Crippen LogP contribution >= 0.6 is 55.0 Å². The second-order valence-electron chi connectivity index (χ2n) is 7.85. The number of ether oxygens (including phenoxy) is 1. The molecule has 7 nitrogen and oxygen atoms in total. The zero-order valence-electron chi connectivity index (χ0n) is 20.2. The number of hydrogen-bond acceptors (Lipinski definition) is 8. The molecule has 0 bridgehead atoms. The summed E-state index contributed by atoms with van der Waals surface area (Å²) in [6.07, 6.45) is 0. The van der Waals surface area contributed by atoms with Gasteiger partial charge in [-0.3, -0.25) is 4.79 Å². The van der Waals surface area contributed by atoms with Gasteiger partial charge in [-0.1, -0.05) is 67.9 Å². The highest BCUT2D eigenvalue weighted by Gasteiger charge is 2.22. The molecule has 0 radical (unpaired) electrons. The van der Waals surface area contributed by atoms with E-state index in [1.165, 1.54) is 23.1 Å². The van der Waals surface area contributed by atoms with Gasteiger partial charge >= 0.3 is 5.97 Å². The third-order valence-corrected chi connectivity index (χ3v) is 8.37. The van der Waals surface area contributed by atoms with E-state index in [2.05, 4.69) is 47.4 Å². The van der Waals surface area contributed by atoms with E-state index >= 15 is 0 Å². The van der Waals surface area contributed by atoms with Crippen LogP contribution in [0.25, 0.3) is 22.5 Å². The number of carbonyl (C=O) groups is 2. The number of aryl methyl sites for hydroxylation is 1. The molecule has 190 valence electrons. The van der Waals surface area contributed by atoms with Crippen molar-refractivity contribution in [1.29, 1.82) is 0 Å². The van der Waals surface area contributed by atoms with Crippen molar-refractivity contribution in [3.05, 3.63) is 73.5 Å². The molecule has 0 spiro atoms. The number of benzene rings is 2. The predicted octanol–water partition coefficient (Wildman–Crippen LogP) is 7.32. The summed E-state index contributed by atoms with van der Waals surface area (Å²) >= 11 is 9.46. The monoisotopic (exact) mass is 660 g/mol. The van der Waals surface area contributed by atoms with E-state index in [0.29, 0.717) is 27.1 Å². The molecule has 4 aromatic rings. The number of thiophene rings is 1. The number of amides is 1. The van der Waals surface area contributed by atoms with Crippen LogP contribution < -0.4 is 5.32 Å². The first-order valence-corrected chi connectivity index (χ1v) is 14.6. The number of halogens is 2. The molecule has 2 aromatic heterocycles. The van der Waals surface area contributed by atoms with Gasteiger partial charge in [0.2, 0.25) is 11.1 Å². The van der Waals surface area contributed by atoms with Crippen LogP contribution in [0.1, 0.15) is 27.7 Å². The van der Waals surface area contributed by atoms with Crippen LogP contribution in [0.15, 0.2) is 62.6 Å². The Morgan fingerprint density at radius 1 is 0.946 bits per heavy atom. The van der Waals surface area contributed by atoms with Crippen LogP contribution in [-0.2, 0) is 9.53 Å². The second kappa shape index (κ2) is 12.3. The highest BCUT2D eigenvalue weighted by atomic mass is 79.9. The van der Waals surface area contributed by atoms with Gasteiger partial charge in [0.05, 0.1) is 17.9 Å². The van der Waals surface area contributed by atoms with Crippen molar-refractivity contribution >= 4 is 71.8 Å². The molecule has 2 aromatic carbocycles. The number of hydrogen-bond donors (Lipinski definition) is 1. The summed E-state index contributed by atoms with van der Waals surface area (Å²) in [5, 5.41) is 12.4. The van der Waals surface area contributed by atoms with Crippen molar-refractivity contribution < 1.29 is 14.3 Å². The lowest BCUT2D eigenvalue weighted by Crippen LogP contribution is -2.16. The molecule has 1 amide bonds. The maximum absolute atomic E-state index is 12.8. The number of nitrogens with one attached hydrogen (secondary N) is 1. The number of carbonyl (C=O) groups excluding carboxylic acids is 2. The summed E-state index contributed by atoms with van der Waals surface area (Å²) in [6.45, 7) is 5.76. The van der Waals surface area contributed by atoms with Crippen molar-refractivity contribution in [3.8, 4) is 22.5 Å². The van der Waals surface area contributed by atoms with Crippen LogP contribution in [-0.4, -0.2) is 39.4 Å². The van der Waals surface area contributed by atoms with Crippen LogP contribution in [0.4, 0.5) is 5.00 Å². The minimum atomic E-state index is -0.442. The zero-order chi connectivity index (χ0) is 26.5. The summed E-state index contributed by atoms with van der Waals surface area (Å²) in [5.41, 5.74) is 4.28. The van der Waals surface area contributed by atoms with Crippen molar-refractivity contribution in [3.63, 3.8) is 0 Å². The Labute approximate surface area is 239 Å². The Morgan fingerprint density at radius 2 is 1.54 bits per heavy atom. The summed E-state index contributed by atoms with van der Waals surface area (Å²) < 4.78 is 7.08. The van der Waals surface area contributed by atoms with E-state index in [4.69, 9.17) is 9.72 Å². The number of nitrogens with zero attached hydrogens (tertiary/aromatic N) is 3. The molecular formula is C26H22Br2N4O3S2.